The molecule has 0 rings (SSSR count). The molecule has 0 saturated heterocycles. The van der Waals surface area contributed by atoms with Crippen LogP contribution < -0.4 is 0 Å². The Morgan fingerprint density at radius 2 is 1.47 bits per heavy atom. The van der Waals surface area contributed by atoms with Crippen LogP contribution in [0.15, 0.2) is 0 Å². The highest BCUT2D eigenvalue weighted by Gasteiger charge is 2.40. The summed E-state index contributed by atoms with van der Waals surface area (Å²) in [6.45, 7) is 4.18. The molecule has 1 N–H and O–H groups in total. The Balaban J connectivity index is 4.84. The number of methoxy groups -OCH3 is 1. The van der Waals surface area contributed by atoms with Crippen molar-refractivity contribution in [1.29, 1.82) is 0 Å². The number of hydrogen-bond acceptors (Lipinski definition) is 3. The van der Waals surface area contributed by atoms with Crippen LogP contribution in [-0.2, 0) is 14.3 Å². The fourth-order valence-electron chi connectivity index (χ4n) is 2.51. The summed E-state index contributed by atoms with van der Waals surface area (Å²) < 4.78 is 4.88. The fourth-order valence-corrected chi connectivity index (χ4v) is 2.51. The van der Waals surface area contributed by atoms with Crippen molar-refractivity contribution in [2.75, 3.05) is 7.11 Å². The fraction of sp³-hybridized carbons (Fsp3) is 0.867. The molecule has 0 spiro atoms. The summed E-state index contributed by atoms with van der Waals surface area (Å²) >= 11 is 0. The molecule has 4 nitrogen and oxygen atoms in total. The third-order valence-corrected chi connectivity index (χ3v) is 3.63. The maximum absolute atomic E-state index is 12.1. The molecule has 0 aromatic rings. The Hall–Kier alpha value is -1.06. The number of carboxylic acid groups (broad SMARTS) is 1. The molecule has 0 saturated carbocycles. The highest BCUT2D eigenvalue weighted by Crippen LogP contribution is 2.36. The summed E-state index contributed by atoms with van der Waals surface area (Å²) in [5.41, 5.74) is -0.828. The molecule has 0 atom stereocenters. The second-order valence-electron chi connectivity index (χ2n) is 5.26. The van der Waals surface area contributed by atoms with E-state index in [1.165, 1.54) is 7.11 Å². The van der Waals surface area contributed by atoms with Crippen molar-refractivity contribution in [3.8, 4) is 0 Å². The van der Waals surface area contributed by atoms with E-state index in [0.717, 1.165) is 38.5 Å². The van der Waals surface area contributed by atoms with Gasteiger partial charge in [-0.1, -0.05) is 52.4 Å². The number of ether oxygens (including phenoxy) is 1. The zero-order valence-electron chi connectivity index (χ0n) is 12.5. The molecular formula is C15H28O4. The predicted octanol–water partition coefficient (Wildman–Crippen LogP) is 3.78. The van der Waals surface area contributed by atoms with E-state index in [1.54, 1.807) is 0 Å². The van der Waals surface area contributed by atoms with E-state index >= 15 is 0 Å². The molecule has 0 aliphatic rings. The van der Waals surface area contributed by atoms with Gasteiger partial charge >= 0.3 is 11.9 Å². The lowest BCUT2D eigenvalue weighted by atomic mass is 9.75. The minimum absolute atomic E-state index is 0.118. The van der Waals surface area contributed by atoms with Gasteiger partial charge in [0.2, 0.25) is 0 Å². The van der Waals surface area contributed by atoms with Crippen LogP contribution in [0.3, 0.4) is 0 Å². The van der Waals surface area contributed by atoms with E-state index in [2.05, 4.69) is 13.8 Å². The van der Waals surface area contributed by atoms with E-state index in [-0.39, 0.29) is 12.4 Å². The normalized spacial score (nSPS) is 11.3. The van der Waals surface area contributed by atoms with Crippen LogP contribution in [0.2, 0.25) is 0 Å². The number of hydrogen-bond donors (Lipinski definition) is 1. The number of carbonyl (C=O) groups excluding carboxylic acids is 1. The zero-order valence-corrected chi connectivity index (χ0v) is 12.5. The molecule has 0 heterocycles. The first-order valence-corrected chi connectivity index (χ1v) is 7.32. The average Bonchev–Trinajstić information content (AvgIpc) is 2.37. The van der Waals surface area contributed by atoms with Gasteiger partial charge in [0.05, 0.1) is 18.9 Å². The SMILES string of the molecule is CCCCCC(CCCCC)(CC(=O)O)C(=O)OC. The van der Waals surface area contributed by atoms with E-state index in [4.69, 9.17) is 9.84 Å². The Morgan fingerprint density at radius 3 is 1.79 bits per heavy atom. The van der Waals surface area contributed by atoms with Crippen LogP contribution in [0.4, 0.5) is 0 Å². The molecule has 4 heteroatoms. The van der Waals surface area contributed by atoms with Gasteiger partial charge in [0.15, 0.2) is 0 Å². The molecule has 19 heavy (non-hydrogen) atoms. The lowest BCUT2D eigenvalue weighted by Crippen LogP contribution is -2.35. The van der Waals surface area contributed by atoms with Gasteiger partial charge in [0, 0.05) is 0 Å². The van der Waals surface area contributed by atoms with Crippen molar-refractivity contribution in [1.82, 2.24) is 0 Å². The molecule has 0 aromatic heterocycles. The maximum Gasteiger partial charge on any atom is 0.312 e. The van der Waals surface area contributed by atoms with E-state index in [0.29, 0.717) is 12.8 Å². The summed E-state index contributed by atoms with van der Waals surface area (Å²) in [6, 6.07) is 0. The van der Waals surface area contributed by atoms with Gasteiger partial charge in [0.1, 0.15) is 0 Å². The molecule has 0 aromatic carbocycles. The van der Waals surface area contributed by atoms with E-state index < -0.39 is 11.4 Å². The van der Waals surface area contributed by atoms with Crippen LogP contribution in [-0.4, -0.2) is 24.2 Å². The van der Waals surface area contributed by atoms with Gasteiger partial charge in [-0.2, -0.15) is 0 Å². The largest absolute Gasteiger partial charge is 0.481 e. The van der Waals surface area contributed by atoms with Gasteiger partial charge in [-0.15, -0.1) is 0 Å². The van der Waals surface area contributed by atoms with Gasteiger partial charge < -0.3 is 9.84 Å². The molecule has 0 aliphatic heterocycles. The second-order valence-corrected chi connectivity index (χ2v) is 5.26. The summed E-state index contributed by atoms with van der Waals surface area (Å²) in [4.78, 5) is 23.2. The Kier molecular flexibility index (Phi) is 9.27. The van der Waals surface area contributed by atoms with Crippen LogP contribution in [0.1, 0.15) is 71.6 Å². The molecule has 0 radical (unpaired) electrons. The van der Waals surface area contributed by atoms with E-state index in [9.17, 15) is 9.59 Å². The van der Waals surface area contributed by atoms with Gasteiger partial charge in [-0.3, -0.25) is 9.59 Å². The number of carboxylic acids is 1. The molecule has 112 valence electrons. The third-order valence-electron chi connectivity index (χ3n) is 3.63. The van der Waals surface area contributed by atoms with Crippen LogP contribution >= 0.6 is 0 Å². The van der Waals surface area contributed by atoms with Crippen molar-refractivity contribution in [3.63, 3.8) is 0 Å². The Morgan fingerprint density at radius 1 is 1.00 bits per heavy atom. The third kappa shape index (κ3) is 6.60. The highest BCUT2D eigenvalue weighted by atomic mass is 16.5. The lowest BCUT2D eigenvalue weighted by Gasteiger charge is -2.29. The minimum atomic E-state index is -0.918. The van der Waals surface area contributed by atoms with Gasteiger partial charge in [-0.25, -0.2) is 0 Å². The first-order chi connectivity index (χ1) is 9.02. The van der Waals surface area contributed by atoms with E-state index in [1.807, 2.05) is 0 Å². The highest BCUT2D eigenvalue weighted by molar-refractivity contribution is 5.82. The maximum atomic E-state index is 12.1. The molecule has 0 amide bonds. The van der Waals surface area contributed by atoms with Crippen molar-refractivity contribution in [2.45, 2.75) is 71.6 Å². The predicted molar refractivity (Wildman–Crippen MR) is 75.0 cm³/mol. The first-order valence-electron chi connectivity index (χ1n) is 7.32. The first kappa shape index (κ1) is 17.9. The number of rotatable bonds is 11. The van der Waals surface area contributed by atoms with Gasteiger partial charge in [0.25, 0.3) is 0 Å². The van der Waals surface area contributed by atoms with Crippen molar-refractivity contribution >= 4 is 11.9 Å². The topological polar surface area (TPSA) is 63.6 Å². The quantitative estimate of drug-likeness (QED) is 0.459. The Bertz CT molecular complexity index is 263. The zero-order chi connectivity index (χ0) is 14.7. The van der Waals surface area contributed by atoms with Gasteiger partial charge in [-0.05, 0) is 12.8 Å². The smallest absolute Gasteiger partial charge is 0.312 e. The minimum Gasteiger partial charge on any atom is -0.481 e. The summed E-state index contributed by atoms with van der Waals surface area (Å²) in [7, 11) is 1.35. The number of carbonyl (C=O) groups is 2. The number of esters is 1. The van der Waals surface area contributed by atoms with Crippen LogP contribution in [0.25, 0.3) is 0 Å². The monoisotopic (exact) mass is 272 g/mol. The van der Waals surface area contributed by atoms with Crippen molar-refractivity contribution in [3.05, 3.63) is 0 Å². The Labute approximate surface area is 116 Å². The second kappa shape index (κ2) is 9.82. The molecule has 0 fully saturated rings. The van der Waals surface area contributed by atoms with Crippen molar-refractivity contribution < 1.29 is 19.4 Å². The summed E-state index contributed by atoms with van der Waals surface area (Å²) in [6.07, 6.45) is 7.02. The van der Waals surface area contributed by atoms with Crippen LogP contribution in [0.5, 0.6) is 0 Å². The number of unbranched alkanes of at least 4 members (excludes halogenated alkanes) is 4. The molecule has 0 bridgehead atoms. The lowest BCUT2D eigenvalue weighted by molar-refractivity contribution is -0.160. The average molecular weight is 272 g/mol. The molecule has 0 aliphatic carbocycles. The van der Waals surface area contributed by atoms with Crippen LogP contribution in [0, 0.1) is 5.41 Å². The number of aliphatic carboxylic acids is 1. The molecular weight excluding hydrogens is 244 g/mol. The summed E-state index contributed by atoms with van der Waals surface area (Å²) in [5.74, 6) is -1.28. The standard InChI is InChI=1S/C15H28O4/c1-4-6-8-10-15(12-13(16)17,14(18)19-3)11-9-7-5-2/h4-12H2,1-3H3,(H,16,17). The molecule has 0 unspecified atom stereocenters. The summed E-state index contributed by atoms with van der Waals surface area (Å²) in [5, 5.41) is 9.10. The van der Waals surface area contributed by atoms with Crippen molar-refractivity contribution in [2.24, 2.45) is 5.41 Å².